The summed E-state index contributed by atoms with van der Waals surface area (Å²) in [6.07, 6.45) is 0.632. The van der Waals surface area contributed by atoms with Crippen LogP contribution in [0.3, 0.4) is 0 Å². The molecule has 2 nitrogen and oxygen atoms in total. The Morgan fingerprint density at radius 3 is 2.39 bits per heavy atom. The van der Waals surface area contributed by atoms with E-state index in [0.717, 1.165) is 6.07 Å². The summed E-state index contributed by atoms with van der Waals surface area (Å²) in [5.74, 6) is -1.66. The molecule has 18 heavy (non-hydrogen) atoms. The normalized spacial score (nSPS) is 13.7. The van der Waals surface area contributed by atoms with Crippen LogP contribution in [0.2, 0.25) is 0 Å². The van der Waals surface area contributed by atoms with Gasteiger partial charge in [0, 0.05) is 19.2 Å². The average Bonchev–Trinajstić information content (AvgIpc) is 2.27. The van der Waals surface area contributed by atoms with Crippen molar-refractivity contribution in [1.82, 2.24) is 5.32 Å². The second-order valence-corrected chi connectivity index (χ2v) is 5.56. The van der Waals surface area contributed by atoms with Gasteiger partial charge in [-0.3, -0.25) is 0 Å². The van der Waals surface area contributed by atoms with Gasteiger partial charge in [-0.05, 0) is 29.5 Å². The topological polar surface area (TPSA) is 32.3 Å². The SMILES string of the molecule is CC(C)(C)C(CCO)NCc1ccc(F)c(F)c1. The molecule has 0 radical (unpaired) electrons. The average molecular weight is 257 g/mol. The maximum atomic E-state index is 13.0. The molecule has 0 spiro atoms. The van der Waals surface area contributed by atoms with E-state index < -0.39 is 11.6 Å². The van der Waals surface area contributed by atoms with E-state index in [1.807, 2.05) is 0 Å². The van der Waals surface area contributed by atoms with Gasteiger partial charge in [-0.2, -0.15) is 0 Å². The molecule has 0 amide bonds. The summed E-state index contributed by atoms with van der Waals surface area (Å²) in [6, 6.07) is 4.01. The molecule has 0 fully saturated rings. The van der Waals surface area contributed by atoms with Gasteiger partial charge in [0.15, 0.2) is 11.6 Å². The van der Waals surface area contributed by atoms with Crippen LogP contribution in [0, 0.1) is 17.0 Å². The van der Waals surface area contributed by atoms with Gasteiger partial charge in [0.2, 0.25) is 0 Å². The van der Waals surface area contributed by atoms with E-state index in [1.165, 1.54) is 6.07 Å². The van der Waals surface area contributed by atoms with Gasteiger partial charge in [-0.1, -0.05) is 26.8 Å². The Bertz CT molecular complexity index is 388. The molecule has 1 aromatic rings. The third-order valence-electron chi connectivity index (χ3n) is 3.00. The molecule has 4 heteroatoms. The number of rotatable bonds is 5. The first-order valence-electron chi connectivity index (χ1n) is 6.12. The van der Waals surface area contributed by atoms with E-state index in [9.17, 15) is 8.78 Å². The van der Waals surface area contributed by atoms with Gasteiger partial charge in [0.1, 0.15) is 0 Å². The fraction of sp³-hybridized carbons (Fsp3) is 0.571. The summed E-state index contributed by atoms with van der Waals surface area (Å²) in [7, 11) is 0. The van der Waals surface area contributed by atoms with Crippen molar-refractivity contribution in [2.24, 2.45) is 5.41 Å². The minimum absolute atomic E-state index is 0.00129. The maximum Gasteiger partial charge on any atom is 0.159 e. The number of aliphatic hydroxyl groups is 1. The molecule has 0 saturated heterocycles. The Balaban J connectivity index is 2.64. The lowest BCUT2D eigenvalue weighted by Crippen LogP contribution is -2.40. The Kier molecular flexibility index (Phi) is 5.23. The molecule has 1 unspecified atom stereocenters. The van der Waals surface area contributed by atoms with Gasteiger partial charge in [-0.15, -0.1) is 0 Å². The Hall–Kier alpha value is -1.00. The summed E-state index contributed by atoms with van der Waals surface area (Å²) >= 11 is 0. The zero-order valence-electron chi connectivity index (χ0n) is 11.1. The van der Waals surface area contributed by atoms with Gasteiger partial charge in [0.25, 0.3) is 0 Å². The maximum absolute atomic E-state index is 13.0. The van der Waals surface area contributed by atoms with E-state index >= 15 is 0 Å². The minimum Gasteiger partial charge on any atom is -0.396 e. The summed E-state index contributed by atoms with van der Waals surface area (Å²) < 4.78 is 25.8. The van der Waals surface area contributed by atoms with Crippen molar-refractivity contribution in [3.63, 3.8) is 0 Å². The Labute approximate surface area is 107 Å². The van der Waals surface area contributed by atoms with Crippen molar-refractivity contribution >= 4 is 0 Å². The lowest BCUT2D eigenvalue weighted by molar-refractivity contribution is 0.196. The summed E-state index contributed by atoms with van der Waals surface area (Å²) in [5.41, 5.74) is 0.697. The van der Waals surface area contributed by atoms with Crippen LogP contribution in [0.15, 0.2) is 18.2 Å². The van der Waals surface area contributed by atoms with Crippen molar-refractivity contribution in [3.8, 4) is 0 Å². The molecule has 0 saturated carbocycles. The van der Waals surface area contributed by atoms with Crippen molar-refractivity contribution < 1.29 is 13.9 Å². The number of aliphatic hydroxyl groups excluding tert-OH is 1. The number of nitrogens with one attached hydrogen (secondary N) is 1. The van der Waals surface area contributed by atoms with Crippen molar-refractivity contribution in [2.75, 3.05) is 6.61 Å². The third kappa shape index (κ3) is 4.35. The third-order valence-corrected chi connectivity index (χ3v) is 3.00. The number of halogens is 2. The van der Waals surface area contributed by atoms with Crippen molar-refractivity contribution in [3.05, 3.63) is 35.4 Å². The van der Waals surface area contributed by atoms with E-state index in [1.54, 1.807) is 6.07 Å². The molecule has 102 valence electrons. The van der Waals surface area contributed by atoms with Crippen LogP contribution in [0.1, 0.15) is 32.8 Å². The first-order chi connectivity index (χ1) is 8.34. The van der Waals surface area contributed by atoms with E-state index in [-0.39, 0.29) is 18.1 Å². The highest BCUT2D eigenvalue weighted by Crippen LogP contribution is 2.22. The quantitative estimate of drug-likeness (QED) is 0.850. The summed E-state index contributed by atoms with van der Waals surface area (Å²) in [4.78, 5) is 0. The number of hydrogen-bond donors (Lipinski definition) is 2. The molecule has 0 aliphatic carbocycles. The Morgan fingerprint density at radius 2 is 1.89 bits per heavy atom. The zero-order chi connectivity index (χ0) is 13.8. The predicted molar refractivity (Wildman–Crippen MR) is 68.1 cm³/mol. The van der Waals surface area contributed by atoms with Gasteiger partial charge >= 0.3 is 0 Å². The van der Waals surface area contributed by atoms with Crippen LogP contribution < -0.4 is 5.32 Å². The predicted octanol–water partition coefficient (Wildman–Crippen LogP) is 2.85. The van der Waals surface area contributed by atoms with Gasteiger partial charge in [0.05, 0.1) is 0 Å². The molecule has 0 aliphatic rings. The smallest absolute Gasteiger partial charge is 0.159 e. The summed E-state index contributed by atoms with van der Waals surface area (Å²) in [5, 5.41) is 12.3. The fourth-order valence-corrected chi connectivity index (χ4v) is 1.86. The zero-order valence-corrected chi connectivity index (χ0v) is 11.1. The second kappa shape index (κ2) is 6.25. The van der Waals surface area contributed by atoms with E-state index in [0.29, 0.717) is 18.5 Å². The van der Waals surface area contributed by atoms with Crippen LogP contribution in [0.5, 0.6) is 0 Å². The molecule has 0 heterocycles. The molecule has 1 atom stereocenters. The van der Waals surface area contributed by atoms with Gasteiger partial charge in [-0.25, -0.2) is 8.78 Å². The lowest BCUT2D eigenvalue weighted by Gasteiger charge is -2.31. The van der Waals surface area contributed by atoms with Crippen LogP contribution in [-0.2, 0) is 6.54 Å². The molecule has 0 aliphatic heterocycles. The van der Waals surface area contributed by atoms with E-state index in [2.05, 4.69) is 26.1 Å². The van der Waals surface area contributed by atoms with Crippen LogP contribution in [0.4, 0.5) is 8.78 Å². The monoisotopic (exact) mass is 257 g/mol. The summed E-state index contributed by atoms with van der Waals surface area (Å²) in [6.45, 7) is 6.79. The van der Waals surface area contributed by atoms with Crippen molar-refractivity contribution in [1.29, 1.82) is 0 Å². The van der Waals surface area contributed by atoms with Crippen LogP contribution in [-0.4, -0.2) is 17.8 Å². The van der Waals surface area contributed by atoms with E-state index in [4.69, 9.17) is 5.11 Å². The molecule has 0 bridgehead atoms. The first kappa shape index (κ1) is 15.1. The molecule has 2 N–H and O–H groups in total. The van der Waals surface area contributed by atoms with Crippen LogP contribution >= 0.6 is 0 Å². The second-order valence-electron chi connectivity index (χ2n) is 5.56. The highest BCUT2D eigenvalue weighted by Gasteiger charge is 2.23. The van der Waals surface area contributed by atoms with Crippen LogP contribution in [0.25, 0.3) is 0 Å². The molecule has 1 aromatic carbocycles. The molecular weight excluding hydrogens is 236 g/mol. The first-order valence-corrected chi connectivity index (χ1v) is 6.12. The Morgan fingerprint density at radius 1 is 1.22 bits per heavy atom. The number of hydrogen-bond acceptors (Lipinski definition) is 2. The molecule has 0 aromatic heterocycles. The highest BCUT2D eigenvalue weighted by atomic mass is 19.2. The molecular formula is C14H21F2NO. The highest BCUT2D eigenvalue weighted by molar-refractivity contribution is 5.17. The lowest BCUT2D eigenvalue weighted by atomic mass is 9.85. The fourth-order valence-electron chi connectivity index (χ4n) is 1.86. The minimum atomic E-state index is -0.832. The largest absolute Gasteiger partial charge is 0.396 e. The molecule has 1 rings (SSSR count). The number of benzene rings is 1. The van der Waals surface area contributed by atoms with Gasteiger partial charge < -0.3 is 10.4 Å². The standard InChI is InChI=1S/C14H21F2NO/c1-14(2,3)13(6-7-18)17-9-10-4-5-11(15)12(16)8-10/h4-5,8,13,17-18H,6-7,9H2,1-3H3. The van der Waals surface area contributed by atoms with Crippen molar-refractivity contribution in [2.45, 2.75) is 39.8 Å².